The minimum Gasteiger partial charge on any atom is -0.384 e. The summed E-state index contributed by atoms with van der Waals surface area (Å²) in [5, 5.41) is 13.4. The topological polar surface area (TPSA) is 33.1 Å². The van der Waals surface area contributed by atoms with Crippen LogP contribution in [0.25, 0.3) is 10.8 Å². The lowest BCUT2D eigenvalue weighted by Crippen LogP contribution is -2.03. The van der Waals surface area contributed by atoms with E-state index in [1.807, 2.05) is 42.5 Å². The van der Waals surface area contributed by atoms with E-state index in [2.05, 4.69) is 27.6 Å². The summed E-state index contributed by atoms with van der Waals surface area (Å²) in [5.41, 5.74) is 1.69. The second kappa shape index (κ2) is 5.68. The van der Waals surface area contributed by atoms with Crippen molar-refractivity contribution in [2.45, 2.75) is 6.10 Å². The number of aromatic nitrogens is 1. The Morgan fingerprint density at radius 1 is 1.10 bits per heavy atom. The number of aliphatic hydroxyl groups excluding tert-OH is 1. The van der Waals surface area contributed by atoms with Crippen molar-refractivity contribution in [2.24, 2.45) is 0 Å². The zero-order valence-corrected chi connectivity index (χ0v) is 13.3. The Hall–Kier alpha value is -1.17. The van der Waals surface area contributed by atoms with Gasteiger partial charge in [0.15, 0.2) is 0 Å². The number of benzene rings is 2. The molecule has 1 aromatic heterocycles. The van der Waals surface area contributed by atoms with Crippen LogP contribution >= 0.6 is 34.2 Å². The number of fused-ring (bicyclic) bond motifs is 1. The van der Waals surface area contributed by atoms with Crippen molar-refractivity contribution < 1.29 is 5.11 Å². The molecule has 2 nitrogen and oxygen atoms in total. The molecule has 20 heavy (non-hydrogen) atoms. The molecule has 0 fully saturated rings. The molecule has 1 heterocycles. The first-order valence-corrected chi connectivity index (χ1v) is 7.58. The summed E-state index contributed by atoms with van der Waals surface area (Å²) < 4.78 is 0.991. The molecule has 1 atom stereocenters. The van der Waals surface area contributed by atoms with Crippen molar-refractivity contribution in [1.29, 1.82) is 0 Å². The molecule has 0 radical (unpaired) electrons. The van der Waals surface area contributed by atoms with Crippen LogP contribution in [0.2, 0.25) is 5.02 Å². The van der Waals surface area contributed by atoms with E-state index in [9.17, 15) is 5.11 Å². The Labute approximate surface area is 135 Å². The van der Waals surface area contributed by atoms with Gasteiger partial charge in [0.25, 0.3) is 0 Å². The van der Waals surface area contributed by atoms with Gasteiger partial charge < -0.3 is 5.11 Å². The standard InChI is InChI=1S/C16H11ClINO/c17-11-4-5-15(18)14(8-11)16(20)13-3-1-2-10-9-19-7-6-12(10)13/h1-9,16,20H. The molecule has 3 rings (SSSR count). The third-order valence-electron chi connectivity index (χ3n) is 3.26. The highest BCUT2D eigenvalue weighted by Crippen LogP contribution is 2.32. The number of hydrogen-bond donors (Lipinski definition) is 1. The third kappa shape index (κ3) is 2.53. The fourth-order valence-electron chi connectivity index (χ4n) is 2.28. The molecule has 1 unspecified atom stereocenters. The van der Waals surface area contributed by atoms with E-state index in [1.165, 1.54) is 0 Å². The zero-order chi connectivity index (χ0) is 14.1. The molecule has 4 heteroatoms. The Bertz CT molecular complexity index is 770. The lowest BCUT2D eigenvalue weighted by molar-refractivity contribution is 0.221. The molecular weight excluding hydrogens is 385 g/mol. The molecule has 0 aliphatic heterocycles. The summed E-state index contributed by atoms with van der Waals surface area (Å²) in [6, 6.07) is 13.3. The van der Waals surface area contributed by atoms with Gasteiger partial charge in [-0.3, -0.25) is 4.98 Å². The molecule has 0 saturated carbocycles. The van der Waals surface area contributed by atoms with Crippen molar-refractivity contribution >= 4 is 45.0 Å². The van der Waals surface area contributed by atoms with E-state index in [0.717, 1.165) is 25.5 Å². The third-order valence-corrected chi connectivity index (χ3v) is 4.48. The normalized spacial score (nSPS) is 12.6. The van der Waals surface area contributed by atoms with Gasteiger partial charge in [-0.05, 0) is 63.4 Å². The minimum absolute atomic E-state index is 0.626. The molecule has 2 aromatic carbocycles. The molecule has 0 saturated heterocycles. The first kappa shape index (κ1) is 13.8. The summed E-state index contributed by atoms with van der Waals surface area (Å²) in [6.45, 7) is 0. The van der Waals surface area contributed by atoms with Gasteiger partial charge in [0.1, 0.15) is 6.10 Å². The molecule has 3 aromatic rings. The molecule has 0 aliphatic rings. The molecule has 1 N–H and O–H groups in total. The highest BCUT2D eigenvalue weighted by atomic mass is 127. The highest BCUT2D eigenvalue weighted by Gasteiger charge is 2.16. The van der Waals surface area contributed by atoms with Crippen molar-refractivity contribution in [3.05, 3.63) is 74.6 Å². The van der Waals surface area contributed by atoms with Crippen LogP contribution in [-0.2, 0) is 0 Å². The average Bonchev–Trinajstić information content (AvgIpc) is 2.48. The van der Waals surface area contributed by atoms with Gasteiger partial charge in [-0.15, -0.1) is 0 Å². The predicted molar refractivity (Wildman–Crippen MR) is 90.0 cm³/mol. The van der Waals surface area contributed by atoms with Crippen molar-refractivity contribution in [3.63, 3.8) is 0 Å². The van der Waals surface area contributed by atoms with Gasteiger partial charge in [0.2, 0.25) is 0 Å². The van der Waals surface area contributed by atoms with Crippen LogP contribution in [0.4, 0.5) is 0 Å². The molecule has 0 bridgehead atoms. The predicted octanol–water partition coefficient (Wildman–Crippen LogP) is 4.57. The van der Waals surface area contributed by atoms with E-state index in [4.69, 9.17) is 11.6 Å². The molecule has 0 amide bonds. The SMILES string of the molecule is OC(c1cc(Cl)ccc1I)c1cccc2cnccc12. The smallest absolute Gasteiger partial charge is 0.106 e. The van der Waals surface area contributed by atoms with Crippen LogP contribution in [0.3, 0.4) is 0 Å². The summed E-state index contributed by atoms with van der Waals surface area (Å²) in [5.74, 6) is 0. The quantitative estimate of drug-likeness (QED) is 0.645. The fraction of sp³-hybridized carbons (Fsp3) is 0.0625. The summed E-state index contributed by atoms with van der Waals surface area (Å²) in [6.07, 6.45) is 2.84. The van der Waals surface area contributed by atoms with E-state index in [1.54, 1.807) is 12.4 Å². The molecule has 100 valence electrons. The number of rotatable bonds is 2. The minimum atomic E-state index is -0.702. The van der Waals surface area contributed by atoms with Gasteiger partial charge in [-0.25, -0.2) is 0 Å². The van der Waals surface area contributed by atoms with E-state index in [0.29, 0.717) is 5.02 Å². The van der Waals surface area contributed by atoms with Crippen LogP contribution in [0.1, 0.15) is 17.2 Å². The van der Waals surface area contributed by atoms with Gasteiger partial charge in [0, 0.05) is 26.4 Å². The van der Waals surface area contributed by atoms with Crippen LogP contribution in [0.5, 0.6) is 0 Å². The first-order chi connectivity index (χ1) is 9.66. The average molecular weight is 396 g/mol. The highest BCUT2D eigenvalue weighted by molar-refractivity contribution is 14.1. The first-order valence-electron chi connectivity index (χ1n) is 6.12. The lowest BCUT2D eigenvalue weighted by Gasteiger charge is -2.16. The second-order valence-electron chi connectivity index (χ2n) is 4.51. The monoisotopic (exact) mass is 395 g/mol. The van der Waals surface area contributed by atoms with Crippen LogP contribution in [-0.4, -0.2) is 10.1 Å². The van der Waals surface area contributed by atoms with E-state index in [-0.39, 0.29) is 0 Å². The lowest BCUT2D eigenvalue weighted by atomic mass is 9.97. The number of halogens is 2. The van der Waals surface area contributed by atoms with Crippen molar-refractivity contribution in [3.8, 4) is 0 Å². The molecule has 0 aliphatic carbocycles. The van der Waals surface area contributed by atoms with E-state index >= 15 is 0 Å². The van der Waals surface area contributed by atoms with E-state index < -0.39 is 6.10 Å². The number of pyridine rings is 1. The number of hydrogen-bond acceptors (Lipinski definition) is 2. The summed E-state index contributed by atoms with van der Waals surface area (Å²) in [4.78, 5) is 4.11. The van der Waals surface area contributed by atoms with Crippen molar-refractivity contribution in [2.75, 3.05) is 0 Å². The fourth-order valence-corrected chi connectivity index (χ4v) is 3.09. The molecule has 0 spiro atoms. The molecular formula is C16H11ClINO. The Balaban J connectivity index is 2.17. The van der Waals surface area contributed by atoms with Gasteiger partial charge >= 0.3 is 0 Å². The maximum atomic E-state index is 10.7. The number of aliphatic hydroxyl groups is 1. The zero-order valence-electron chi connectivity index (χ0n) is 10.4. The Morgan fingerprint density at radius 3 is 2.80 bits per heavy atom. The van der Waals surface area contributed by atoms with Gasteiger partial charge in [0.05, 0.1) is 0 Å². The van der Waals surface area contributed by atoms with Gasteiger partial charge in [-0.2, -0.15) is 0 Å². The van der Waals surface area contributed by atoms with Crippen molar-refractivity contribution in [1.82, 2.24) is 4.98 Å². The number of nitrogens with zero attached hydrogens (tertiary/aromatic N) is 1. The van der Waals surface area contributed by atoms with Crippen LogP contribution < -0.4 is 0 Å². The Morgan fingerprint density at radius 2 is 1.95 bits per heavy atom. The summed E-state index contributed by atoms with van der Waals surface area (Å²) in [7, 11) is 0. The second-order valence-corrected chi connectivity index (χ2v) is 6.11. The summed E-state index contributed by atoms with van der Waals surface area (Å²) >= 11 is 8.25. The Kier molecular flexibility index (Phi) is 3.92. The maximum absolute atomic E-state index is 10.7. The van der Waals surface area contributed by atoms with Crippen LogP contribution in [0.15, 0.2) is 54.9 Å². The van der Waals surface area contributed by atoms with Gasteiger partial charge in [-0.1, -0.05) is 29.8 Å². The maximum Gasteiger partial charge on any atom is 0.106 e. The largest absolute Gasteiger partial charge is 0.384 e. The van der Waals surface area contributed by atoms with Crippen LogP contribution in [0, 0.1) is 3.57 Å².